The quantitative estimate of drug-likeness (QED) is 0.220. The summed E-state index contributed by atoms with van der Waals surface area (Å²) in [6, 6.07) is 7.55. The Morgan fingerprint density at radius 1 is 0.872 bits per heavy atom. The van der Waals surface area contributed by atoms with Crippen LogP contribution in [0.1, 0.15) is 70.2 Å². The molecule has 2 aromatic rings. The van der Waals surface area contributed by atoms with E-state index in [1.54, 1.807) is 21.9 Å². The molecule has 1 heterocycles. The number of aromatic hydroxyl groups is 3. The van der Waals surface area contributed by atoms with Crippen molar-refractivity contribution in [3.05, 3.63) is 70.8 Å². The molecule has 5 N–H and O–H groups in total. The number of allylic oxidation sites excluding steroid dienone is 5. The van der Waals surface area contributed by atoms with E-state index in [2.05, 4.69) is 32.9 Å². The van der Waals surface area contributed by atoms with Gasteiger partial charge in [0, 0.05) is 25.2 Å². The monoisotopic (exact) mass is 555 g/mol. The van der Waals surface area contributed by atoms with Gasteiger partial charge in [0.1, 0.15) is 22.9 Å². The Balaban J connectivity index is 0.00000533. The number of carbonyl (C=O) groups excluding carboxylic acids is 1. The first-order valence-corrected chi connectivity index (χ1v) is 13.3. The van der Waals surface area contributed by atoms with Crippen LogP contribution in [0.2, 0.25) is 0 Å². The summed E-state index contributed by atoms with van der Waals surface area (Å²) >= 11 is 0. The maximum Gasteiger partial charge on any atom is 0.260 e. The molecule has 1 aliphatic heterocycles. The Kier molecular flexibility index (Phi) is 11.9. The SMILES string of the molecule is CC(C)=CCCC(C)=CCCC(C)=CCN1C(=O)c2cccc(O)c2N(CCCN)c2c(O)cc(O)cc21.Cl. The molecule has 7 nitrogen and oxygen atoms in total. The fourth-order valence-electron chi connectivity index (χ4n) is 4.67. The van der Waals surface area contributed by atoms with Crippen LogP contribution in [0.4, 0.5) is 17.1 Å². The number of phenols is 3. The standard InChI is InChI=1S/C31H41N3O4.ClH/c1-21(2)9-5-10-22(3)11-6-12-23(4)15-18-33-26-19-24(35)20-28(37)30(26)34(17-8-16-32)29-25(31(33)38)13-7-14-27(29)36;/h7,9,11,13-15,19-20,35-37H,5-6,8,10,12,16-18,32H2,1-4H3;1H. The van der Waals surface area contributed by atoms with E-state index in [4.69, 9.17) is 5.73 Å². The first kappa shape index (κ1) is 31.8. The van der Waals surface area contributed by atoms with Gasteiger partial charge in [-0.2, -0.15) is 0 Å². The lowest BCUT2D eigenvalue weighted by Crippen LogP contribution is -2.30. The van der Waals surface area contributed by atoms with Gasteiger partial charge >= 0.3 is 0 Å². The van der Waals surface area contributed by atoms with Crippen molar-refractivity contribution in [3.63, 3.8) is 0 Å². The molecule has 39 heavy (non-hydrogen) atoms. The number of phenolic OH excluding ortho intramolecular Hbond substituents is 3. The lowest BCUT2D eigenvalue weighted by Gasteiger charge is -2.28. The number of hydrogen-bond donors (Lipinski definition) is 4. The van der Waals surface area contributed by atoms with Crippen molar-refractivity contribution in [1.29, 1.82) is 0 Å². The third-order valence-corrected chi connectivity index (χ3v) is 6.71. The largest absolute Gasteiger partial charge is 0.508 e. The second-order valence-corrected chi connectivity index (χ2v) is 10.2. The van der Waals surface area contributed by atoms with Gasteiger partial charge in [0.2, 0.25) is 0 Å². The average Bonchev–Trinajstić information content (AvgIpc) is 2.94. The summed E-state index contributed by atoms with van der Waals surface area (Å²) in [6.45, 7) is 9.46. The highest BCUT2D eigenvalue weighted by Crippen LogP contribution is 2.50. The number of fused-ring (bicyclic) bond motifs is 2. The maximum atomic E-state index is 13.8. The van der Waals surface area contributed by atoms with Crippen LogP contribution in [0.25, 0.3) is 0 Å². The summed E-state index contributed by atoms with van der Waals surface area (Å²) in [5.41, 5.74) is 11.0. The third kappa shape index (κ3) is 8.04. The summed E-state index contributed by atoms with van der Waals surface area (Å²) in [6.07, 6.45) is 11.0. The number of rotatable bonds is 11. The molecule has 0 saturated carbocycles. The Hall–Kier alpha value is -3.42. The van der Waals surface area contributed by atoms with Gasteiger partial charge in [-0.25, -0.2) is 0 Å². The van der Waals surface area contributed by atoms with Gasteiger partial charge in [-0.15, -0.1) is 12.4 Å². The molecule has 0 atom stereocenters. The molecule has 0 bridgehead atoms. The zero-order chi connectivity index (χ0) is 27.8. The highest BCUT2D eigenvalue weighted by atomic mass is 35.5. The van der Waals surface area contributed by atoms with Crippen LogP contribution >= 0.6 is 12.4 Å². The van der Waals surface area contributed by atoms with E-state index in [9.17, 15) is 20.1 Å². The van der Waals surface area contributed by atoms with Crippen LogP contribution in [0.5, 0.6) is 17.2 Å². The molecule has 8 heteroatoms. The van der Waals surface area contributed by atoms with Crippen molar-refractivity contribution in [2.24, 2.45) is 5.73 Å². The van der Waals surface area contributed by atoms with Gasteiger partial charge in [-0.05, 0) is 78.5 Å². The zero-order valence-corrected chi connectivity index (χ0v) is 24.2. The molecule has 0 aliphatic carbocycles. The lowest BCUT2D eigenvalue weighted by atomic mass is 10.1. The molecule has 3 rings (SSSR count). The van der Waals surface area contributed by atoms with E-state index in [1.165, 1.54) is 29.3 Å². The molecule has 0 saturated heterocycles. The second-order valence-electron chi connectivity index (χ2n) is 10.2. The topological polar surface area (TPSA) is 110 Å². The van der Waals surface area contributed by atoms with Crippen LogP contribution in [-0.4, -0.2) is 40.9 Å². The smallest absolute Gasteiger partial charge is 0.260 e. The molecule has 1 aliphatic rings. The fraction of sp³-hybridized carbons (Fsp3) is 0.387. The van der Waals surface area contributed by atoms with Gasteiger partial charge in [0.25, 0.3) is 5.91 Å². The van der Waals surface area contributed by atoms with Gasteiger partial charge in [0.15, 0.2) is 0 Å². The van der Waals surface area contributed by atoms with E-state index in [0.29, 0.717) is 42.1 Å². The van der Waals surface area contributed by atoms with Gasteiger partial charge in [-0.3, -0.25) is 4.79 Å². The van der Waals surface area contributed by atoms with Gasteiger partial charge in [0.05, 0.1) is 16.9 Å². The number of benzene rings is 2. The summed E-state index contributed by atoms with van der Waals surface area (Å²) in [5, 5.41) is 32.0. The van der Waals surface area contributed by atoms with Crippen molar-refractivity contribution in [2.45, 2.75) is 59.8 Å². The number of amides is 1. The minimum atomic E-state index is -0.323. The molecule has 0 unspecified atom stereocenters. The van der Waals surface area contributed by atoms with E-state index in [1.807, 2.05) is 13.0 Å². The van der Waals surface area contributed by atoms with Crippen molar-refractivity contribution in [1.82, 2.24) is 0 Å². The molecule has 0 fully saturated rings. The summed E-state index contributed by atoms with van der Waals surface area (Å²) in [5.74, 6) is -0.717. The minimum Gasteiger partial charge on any atom is -0.508 e. The minimum absolute atomic E-state index is 0. The van der Waals surface area contributed by atoms with E-state index >= 15 is 0 Å². The van der Waals surface area contributed by atoms with Gasteiger partial charge in [-0.1, -0.05) is 41.0 Å². The van der Waals surface area contributed by atoms with E-state index in [0.717, 1.165) is 31.3 Å². The van der Waals surface area contributed by atoms with Crippen LogP contribution in [0.3, 0.4) is 0 Å². The van der Waals surface area contributed by atoms with Crippen LogP contribution in [0, 0.1) is 0 Å². The Morgan fingerprint density at radius 3 is 2.21 bits per heavy atom. The Labute approximate surface area is 238 Å². The zero-order valence-electron chi connectivity index (χ0n) is 23.4. The summed E-state index contributed by atoms with van der Waals surface area (Å²) in [7, 11) is 0. The first-order chi connectivity index (χ1) is 18.1. The average molecular weight is 556 g/mol. The van der Waals surface area contributed by atoms with Crippen molar-refractivity contribution < 1.29 is 20.1 Å². The van der Waals surface area contributed by atoms with Crippen LogP contribution in [0.15, 0.2) is 65.3 Å². The number of anilines is 3. The molecule has 0 spiro atoms. The first-order valence-electron chi connectivity index (χ1n) is 13.3. The molecule has 212 valence electrons. The molecular weight excluding hydrogens is 514 g/mol. The summed E-state index contributed by atoms with van der Waals surface area (Å²) in [4.78, 5) is 17.1. The van der Waals surface area contributed by atoms with E-state index in [-0.39, 0.29) is 42.1 Å². The van der Waals surface area contributed by atoms with Crippen LogP contribution < -0.4 is 15.5 Å². The van der Waals surface area contributed by atoms with Crippen molar-refractivity contribution in [3.8, 4) is 17.2 Å². The van der Waals surface area contributed by atoms with Crippen molar-refractivity contribution >= 4 is 35.4 Å². The predicted octanol–water partition coefficient (Wildman–Crippen LogP) is 7.09. The van der Waals surface area contributed by atoms with E-state index < -0.39 is 0 Å². The highest BCUT2D eigenvalue weighted by molar-refractivity contribution is 6.15. The molecular formula is C31H42ClN3O4. The molecule has 0 radical (unpaired) electrons. The number of nitrogens with two attached hydrogens (primary N) is 1. The second kappa shape index (κ2) is 14.7. The summed E-state index contributed by atoms with van der Waals surface area (Å²) < 4.78 is 0. The molecule has 0 aromatic heterocycles. The number of halogens is 1. The normalized spacial score (nSPS) is 13.4. The molecule has 2 aromatic carbocycles. The Morgan fingerprint density at radius 2 is 1.54 bits per heavy atom. The molecule has 1 amide bonds. The van der Waals surface area contributed by atoms with Crippen molar-refractivity contribution in [2.75, 3.05) is 29.4 Å². The fourth-order valence-corrected chi connectivity index (χ4v) is 4.67. The number of nitrogens with zero attached hydrogens (tertiary/aromatic N) is 2. The maximum absolute atomic E-state index is 13.8. The number of hydrogen-bond acceptors (Lipinski definition) is 6. The highest BCUT2D eigenvalue weighted by Gasteiger charge is 2.34. The number of carbonyl (C=O) groups is 1. The van der Waals surface area contributed by atoms with Gasteiger partial charge < -0.3 is 30.9 Å². The third-order valence-electron chi connectivity index (χ3n) is 6.71. The number of para-hydroxylation sites is 1. The Bertz CT molecular complexity index is 1250. The lowest BCUT2D eigenvalue weighted by molar-refractivity contribution is 0.0990. The predicted molar refractivity (Wildman–Crippen MR) is 163 cm³/mol. The van der Waals surface area contributed by atoms with Crippen LogP contribution in [-0.2, 0) is 0 Å².